The molecule has 1 atom stereocenters. The molecule has 0 aromatic carbocycles. The maximum atomic E-state index is 5.22. The van der Waals surface area contributed by atoms with Gasteiger partial charge in [-0.15, -0.1) is 0 Å². The summed E-state index contributed by atoms with van der Waals surface area (Å²) >= 11 is 0. The molecule has 0 aromatic rings. The molecule has 0 saturated heterocycles. The van der Waals surface area contributed by atoms with Crippen molar-refractivity contribution in [2.75, 3.05) is 39.9 Å². The predicted molar refractivity (Wildman–Crippen MR) is 78.0 cm³/mol. The number of methoxy groups -OCH3 is 1. The van der Waals surface area contributed by atoms with E-state index in [2.05, 4.69) is 31.0 Å². The number of ether oxygens (including phenoxy) is 1. The van der Waals surface area contributed by atoms with Crippen molar-refractivity contribution in [2.24, 2.45) is 11.8 Å². The highest BCUT2D eigenvalue weighted by atomic mass is 16.5. The van der Waals surface area contributed by atoms with Crippen LogP contribution in [-0.2, 0) is 4.74 Å². The Balaban J connectivity index is 2.14. The molecule has 0 spiro atoms. The molecule has 108 valence electrons. The molecule has 0 aromatic heterocycles. The van der Waals surface area contributed by atoms with Gasteiger partial charge in [0.25, 0.3) is 0 Å². The van der Waals surface area contributed by atoms with Crippen molar-refractivity contribution in [1.82, 2.24) is 10.2 Å². The van der Waals surface area contributed by atoms with Crippen molar-refractivity contribution in [3.63, 3.8) is 0 Å². The molecule has 1 N–H and O–H groups in total. The van der Waals surface area contributed by atoms with Crippen molar-refractivity contribution in [1.29, 1.82) is 0 Å². The van der Waals surface area contributed by atoms with Gasteiger partial charge in [-0.05, 0) is 57.7 Å². The number of hydrogen-bond donors (Lipinski definition) is 1. The van der Waals surface area contributed by atoms with E-state index in [4.69, 9.17) is 4.74 Å². The zero-order valence-electron chi connectivity index (χ0n) is 12.7. The summed E-state index contributed by atoms with van der Waals surface area (Å²) in [5.74, 6) is 1.70. The van der Waals surface area contributed by atoms with Gasteiger partial charge >= 0.3 is 0 Å². The summed E-state index contributed by atoms with van der Waals surface area (Å²) in [5.41, 5.74) is 0. The SMILES string of the molecule is COCCN(CCCNCC(C)C)C(C)C1CC1. The van der Waals surface area contributed by atoms with Gasteiger partial charge in [-0.1, -0.05) is 13.8 Å². The lowest BCUT2D eigenvalue weighted by Gasteiger charge is -2.29. The molecule has 0 aliphatic heterocycles. The molecule has 1 saturated carbocycles. The average molecular weight is 256 g/mol. The third-order valence-electron chi connectivity index (χ3n) is 3.81. The van der Waals surface area contributed by atoms with Gasteiger partial charge < -0.3 is 10.1 Å². The second-order valence-corrected chi connectivity index (χ2v) is 6.06. The summed E-state index contributed by atoms with van der Waals surface area (Å²) < 4.78 is 5.22. The molecule has 1 rings (SSSR count). The van der Waals surface area contributed by atoms with Crippen LogP contribution in [0, 0.1) is 11.8 Å². The molecular formula is C15H32N2O. The largest absolute Gasteiger partial charge is 0.383 e. The van der Waals surface area contributed by atoms with Crippen LogP contribution in [0.25, 0.3) is 0 Å². The normalized spacial score (nSPS) is 17.7. The molecule has 1 aliphatic carbocycles. The Morgan fingerprint density at radius 2 is 1.94 bits per heavy atom. The Kier molecular flexibility index (Phi) is 7.87. The first-order chi connectivity index (χ1) is 8.65. The molecule has 18 heavy (non-hydrogen) atoms. The van der Waals surface area contributed by atoms with Gasteiger partial charge in [0.05, 0.1) is 6.61 Å². The molecule has 1 aliphatic rings. The Hall–Kier alpha value is -0.120. The molecule has 1 fully saturated rings. The third kappa shape index (κ3) is 6.72. The van der Waals surface area contributed by atoms with Gasteiger partial charge in [0, 0.05) is 19.7 Å². The minimum absolute atomic E-state index is 0.741. The molecule has 1 unspecified atom stereocenters. The fraction of sp³-hybridized carbons (Fsp3) is 1.00. The Bertz CT molecular complexity index is 205. The van der Waals surface area contributed by atoms with E-state index in [0.29, 0.717) is 0 Å². The van der Waals surface area contributed by atoms with Crippen LogP contribution >= 0.6 is 0 Å². The van der Waals surface area contributed by atoms with E-state index >= 15 is 0 Å². The van der Waals surface area contributed by atoms with E-state index in [-0.39, 0.29) is 0 Å². The van der Waals surface area contributed by atoms with Crippen LogP contribution < -0.4 is 5.32 Å². The molecule has 0 radical (unpaired) electrons. The second kappa shape index (κ2) is 8.89. The number of rotatable bonds is 11. The maximum absolute atomic E-state index is 5.22. The van der Waals surface area contributed by atoms with Crippen LogP contribution in [0.5, 0.6) is 0 Å². The number of hydrogen-bond acceptors (Lipinski definition) is 3. The Morgan fingerprint density at radius 3 is 2.50 bits per heavy atom. The summed E-state index contributed by atoms with van der Waals surface area (Å²) in [6.07, 6.45) is 4.10. The van der Waals surface area contributed by atoms with E-state index in [1.54, 1.807) is 7.11 Å². The van der Waals surface area contributed by atoms with Crippen molar-refractivity contribution < 1.29 is 4.74 Å². The average Bonchev–Trinajstić information content (AvgIpc) is 3.15. The van der Waals surface area contributed by atoms with Gasteiger partial charge in [-0.25, -0.2) is 0 Å². The van der Waals surface area contributed by atoms with Gasteiger partial charge in [0.2, 0.25) is 0 Å². The molecular weight excluding hydrogens is 224 g/mol. The number of nitrogens with one attached hydrogen (secondary N) is 1. The van der Waals surface area contributed by atoms with Gasteiger partial charge in [0.15, 0.2) is 0 Å². The number of nitrogens with zero attached hydrogens (tertiary/aromatic N) is 1. The molecule has 0 bridgehead atoms. The van der Waals surface area contributed by atoms with Crippen LogP contribution in [0.1, 0.15) is 40.0 Å². The van der Waals surface area contributed by atoms with Crippen molar-refractivity contribution >= 4 is 0 Å². The first-order valence-electron chi connectivity index (χ1n) is 7.58. The van der Waals surface area contributed by atoms with E-state index in [1.807, 2.05) is 0 Å². The van der Waals surface area contributed by atoms with E-state index in [1.165, 1.54) is 25.8 Å². The highest BCUT2D eigenvalue weighted by Gasteiger charge is 2.31. The molecule has 3 nitrogen and oxygen atoms in total. The lowest BCUT2D eigenvalue weighted by molar-refractivity contribution is 0.116. The standard InChI is InChI=1S/C15H32N2O/c1-13(2)12-16-8-5-9-17(10-11-18-4)14(3)15-6-7-15/h13-16H,5-12H2,1-4H3. The first kappa shape index (κ1) is 15.9. The maximum Gasteiger partial charge on any atom is 0.0589 e. The van der Waals surface area contributed by atoms with Crippen LogP contribution in [-0.4, -0.2) is 50.8 Å². The minimum atomic E-state index is 0.741. The fourth-order valence-electron chi connectivity index (χ4n) is 2.40. The van der Waals surface area contributed by atoms with Crippen molar-refractivity contribution in [3.8, 4) is 0 Å². The summed E-state index contributed by atoms with van der Waals surface area (Å²) in [7, 11) is 1.80. The summed E-state index contributed by atoms with van der Waals surface area (Å²) in [5, 5.41) is 3.52. The zero-order chi connectivity index (χ0) is 13.4. The second-order valence-electron chi connectivity index (χ2n) is 6.06. The van der Waals surface area contributed by atoms with Crippen molar-refractivity contribution in [2.45, 2.75) is 46.1 Å². The molecule has 0 heterocycles. The molecule has 0 amide bonds. The topological polar surface area (TPSA) is 24.5 Å². The predicted octanol–water partition coefficient (Wildman–Crippen LogP) is 2.37. The fourth-order valence-corrected chi connectivity index (χ4v) is 2.40. The highest BCUT2D eigenvalue weighted by Crippen LogP contribution is 2.35. The third-order valence-corrected chi connectivity index (χ3v) is 3.81. The van der Waals surface area contributed by atoms with Crippen LogP contribution in [0.3, 0.4) is 0 Å². The van der Waals surface area contributed by atoms with Gasteiger partial charge in [-0.2, -0.15) is 0 Å². The first-order valence-corrected chi connectivity index (χ1v) is 7.58. The Labute approximate surface area is 113 Å². The van der Waals surface area contributed by atoms with Gasteiger partial charge in [-0.3, -0.25) is 4.90 Å². The summed E-state index contributed by atoms with van der Waals surface area (Å²) in [6.45, 7) is 12.3. The Morgan fingerprint density at radius 1 is 1.22 bits per heavy atom. The summed E-state index contributed by atoms with van der Waals surface area (Å²) in [4.78, 5) is 2.61. The lowest BCUT2D eigenvalue weighted by atomic mass is 10.1. The summed E-state index contributed by atoms with van der Waals surface area (Å²) in [6, 6.07) is 0.741. The van der Waals surface area contributed by atoms with E-state index in [0.717, 1.165) is 44.1 Å². The monoisotopic (exact) mass is 256 g/mol. The van der Waals surface area contributed by atoms with Crippen LogP contribution in [0.15, 0.2) is 0 Å². The van der Waals surface area contributed by atoms with Crippen LogP contribution in [0.4, 0.5) is 0 Å². The van der Waals surface area contributed by atoms with Crippen molar-refractivity contribution in [3.05, 3.63) is 0 Å². The highest BCUT2D eigenvalue weighted by molar-refractivity contribution is 4.85. The minimum Gasteiger partial charge on any atom is -0.383 e. The lowest BCUT2D eigenvalue weighted by Crippen LogP contribution is -2.39. The molecule has 3 heteroatoms. The van der Waals surface area contributed by atoms with Gasteiger partial charge in [0.1, 0.15) is 0 Å². The van der Waals surface area contributed by atoms with E-state index < -0.39 is 0 Å². The smallest absolute Gasteiger partial charge is 0.0589 e. The van der Waals surface area contributed by atoms with Crippen LogP contribution in [0.2, 0.25) is 0 Å². The zero-order valence-corrected chi connectivity index (χ0v) is 12.7. The van der Waals surface area contributed by atoms with E-state index in [9.17, 15) is 0 Å². The quantitative estimate of drug-likeness (QED) is 0.574.